The molecule has 0 amide bonds. The molecule has 22 heavy (non-hydrogen) atoms. The number of esters is 1. The van der Waals surface area contributed by atoms with Gasteiger partial charge in [-0.3, -0.25) is 14.9 Å². The first-order valence-electron chi connectivity index (χ1n) is 6.61. The molecule has 9 nitrogen and oxygen atoms in total. The molecule has 0 N–H and O–H groups in total. The van der Waals surface area contributed by atoms with Gasteiger partial charge in [0.15, 0.2) is 0 Å². The highest BCUT2D eigenvalue weighted by molar-refractivity contribution is 5.69. The van der Waals surface area contributed by atoms with Gasteiger partial charge in [0.25, 0.3) is 5.69 Å². The summed E-state index contributed by atoms with van der Waals surface area (Å²) >= 11 is 0. The van der Waals surface area contributed by atoms with Crippen LogP contribution in [-0.4, -0.2) is 32.6 Å². The third kappa shape index (κ3) is 3.62. The fourth-order valence-electron chi connectivity index (χ4n) is 1.79. The van der Waals surface area contributed by atoms with E-state index in [4.69, 9.17) is 9.26 Å². The Morgan fingerprint density at radius 1 is 1.50 bits per heavy atom. The number of ether oxygens (including phenoxy) is 1. The number of aromatic nitrogens is 3. The maximum Gasteiger partial charge on any atom is 0.306 e. The quantitative estimate of drug-likeness (QED) is 0.450. The van der Waals surface area contributed by atoms with Gasteiger partial charge in [0.2, 0.25) is 11.7 Å². The van der Waals surface area contributed by atoms with Crippen LogP contribution in [0.5, 0.6) is 0 Å². The van der Waals surface area contributed by atoms with E-state index in [2.05, 4.69) is 15.1 Å². The minimum absolute atomic E-state index is 0.104. The molecule has 0 fully saturated rings. The molecule has 0 aliphatic heterocycles. The first-order chi connectivity index (χ1) is 10.5. The lowest BCUT2D eigenvalue weighted by Crippen LogP contribution is -2.05. The minimum Gasteiger partial charge on any atom is -0.466 e. The number of pyridine rings is 1. The molecule has 0 aromatic carbocycles. The largest absolute Gasteiger partial charge is 0.466 e. The predicted octanol–water partition coefficient (Wildman–Crippen LogP) is 1.84. The number of carbonyl (C=O) groups is 1. The monoisotopic (exact) mass is 306 g/mol. The zero-order chi connectivity index (χ0) is 16.1. The molecule has 0 radical (unpaired) electrons. The van der Waals surface area contributed by atoms with Crippen molar-refractivity contribution in [2.24, 2.45) is 0 Å². The van der Waals surface area contributed by atoms with Crippen LogP contribution in [-0.2, 0) is 16.0 Å². The third-order valence-corrected chi connectivity index (χ3v) is 2.80. The van der Waals surface area contributed by atoms with Crippen molar-refractivity contribution < 1.29 is 19.0 Å². The van der Waals surface area contributed by atoms with Crippen molar-refractivity contribution in [3.8, 4) is 11.5 Å². The van der Waals surface area contributed by atoms with E-state index in [-0.39, 0.29) is 36.2 Å². The van der Waals surface area contributed by atoms with Gasteiger partial charge in [0, 0.05) is 12.5 Å². The number of carbonyl (C=O) groups excluding carboxylic acids is 1. The molecule has 0 saturated heterocycles. The molecule has 0 unspecified atom stereocenters. The Morgan fingerprint density at radius 2 is 2.27 bits per heavy atom. The smallest absolute Gasteiger partial charge is 0.306 e. The first kappa shape index (κ1) is 15.5. The summed E-state index contributed by atoms with van der Waals surface area (Å²) in [5, 5.41) is 14.5. The second-order valence-corrected chi connectivity index (χ2v) is 4.43. The predicted molar refractivity (Wildman–Crippen MR) is 73.9 cm³/mol. The van der Waals surface area contributed by atoms with Crippen LogP contribution in [0.2, 0.25) is 0 Å². The van der Waals surface area contributed by atoms with Crippen LogP contribution in [0, 0.1) is 17.0 Å². The van der Waals surface area contributed by atoms with E-state index in [1.807, 2.05) is 0 Å². The van der Waals surface area contributed by atoms with Gasteiger partial charge in [-0.1, -0.05) is 5.16 Å². The maximum atomic E-state index is 11.3. The van der Waals surface area contributed by atoms with Crippen LogP contribution in [0.4, 0.5) is 5.69 Å². The van der Waals surface area contributed by atoms with E-state index in [9.17, 15) is 14.9 Å². The van der Waals surface area contributed by atoms with Gasteiger partial charge in [-0.2, -0.15) is 4.98 Å². The number of rotatable bonds is 6. The second kappa shape index (κ2) is 6.74. The SMILES string of the molecule is CCOC(=O)CCc1nc(-c2ncc([N+](=O)[O-])cc2C)no1. The topological polar surface area (TPSA) is 121 Å². The van der Waals surface area contributed by atoms with Crippen molar-refractivity contribution in [1.82, 2.24) is 15.1 Å². The highest BCUT2D eigenvalue weighted by atomic mass is 16.6. The van der Waals surface area contributed by atoms with Crippen molar-refractivity contribution in [1.29, 1.82) is 0 Å². The van der Waals surface area contributed by atoms with Gasteiger partial charge in [-0.05, 0) is 19.4 Å². The van der Waals surface area contributed by atoms with Crippen molar-refractivity contribution in [2.45, 2.75) is 26.7 Å². The van der Waals surface area contributed by atoms with E-state index >= 15 is 0 Å². The van der Waals surface area contributed by atoms with Crippen LogP contribution in [0.25, 0.3) is 11.5 Å². The molecule has 0 spiro atoms. The second-order valence-electron chi connectivity index (χ2n) is 4.43. The first-order valence-corrected chi connectivity index (χ1v) is 6.61. The molecule has 2 aromatic heterocycles. The van der Waals surface area contributed by atoms with Crippen molar-refractivity contribution in [3.05, 3.63) is 33.8 Å². The Labute approximate surface area is 125 Å². The summed E-state index contributed by atoms with van der Waals surface area (Å²) in [6.07, 6.45) is 1.54. The van der Waals surface area contributed by atoms with Gasteiger partial charge >= 0.3 is 5.97 Å². The van der Waals surface area contributed by atoms with Crippen molar-refractivity contribution >= 4 is 11.7 Å². The minimum atomic E-state index is -0.523. The summed E-state index contributed by atoms with van der Waals surface area (Å²) in [6, 6.07) is 1.39. The molecule has 2 aromatic rings. The molecule has 0 bridgehead atoms. The van der Waals surface area contributed by atoms with Crippen LogP contribution < -0.4 is 0 Å². The highest BCUT2D eigenvalue weighted by Crippen LogP contribution is 2.22. The molecular formula is C13H14N4O5. The van der Waals surface area contributed by atoms with Crippen LogP contribution in [0.15, 0.2) is 16.8 Å². The lowest BCUT2D eigenvalue weighted by Gasteiger charge is -1.99. The van der Waals surface area contributed by atoms with E-state index in [1.165, 1.54) is 6.07 Å². The maximum absolute atomic E-state index is 11.3. The number of nitrogens with zero attached hydrogens (tertiary/aromatic N) is 4. The summed E-state index contributed by atoms with van der Waals surface area (Å²) in [5.41, 5.74) is 0.857. The highest BCUT2D eigenvalue weighted by Gasteiger charge is 2.16. The summed E-state index contributed by atoms with van der Waals surface area (Å²) in [4.78, 5) is 29.5. The molecule has 2 rings (SSSR count). The van der Waals surface area contributed by atoms with E-state index in [0.717, 1.165) is 6.20 Å². The zero-order valence-electron chi connectivity index (χ0n) is 12.1. The van der Waals surface area contributed by atoms with Crippen LogP contribution in [0.3, 0.4) is 0 Å². The average molecular weight is 306 g/mol. The van der Waals surface area contributed by atoms with Crippen molar-refractivity contribution in [3.63, 3.8) is 0 Å². The van der Waals surface area contributed by atoms with Gasteiger partial charge in [0.1, 0.15) is 11.9 Å². The number of hydrogen-bond acceptors (Lipinski definition) is 8. The Hall–Kier alpha value is -2.84. The fourth-order valence-corrected chi connectivity index (χ4v) is 1.79. The Morgan fingerprint density at radius 3 is 2.91 bits per heavy atom. The van der Waals surface area contributed by atoms with Gasteiger partial charge < -0.3 is 9.26 Å². The molecule has 116 valence electrons. The summed E-state index contributed by atoms with van der Waals surface area (Å²) in [6.45, 7) is 3.72. The molecule has 0 aliphatic rings. The normalized spacial score (nSPS) is 10.5. The van der Waals surface area contributed by atoms with Gasteiger partial charge in [-0.15, -0.1) is 0 Å². The van der Waals surface area contributed by atoms with E-state index in [1.54, 1.807) is 13.8 Å². The molecule has 0 saturated carbocycles. The molecular weight excluding hydrogens is 292 g/mol. The standard InChI is InChI=1S/C13H14N4O5/c1-3-21-11(18)5-4-10-15-13(16-22-10)12-8(2)6-9(7-14-12)17(19)20/h6-7H,3-5H2,1-2H3. The number of aryl methyl sites for hydroxylation is 2. The van der Waals surface area contributed by atoms with E-state index < -0.39 is 4.92 Å². The number of hydrogen-bond donors (Lipinski definition) is 0. The summed E-state index contributed by atoms with van der Waals surface area (Å²) in [5.74, 6) is 0.167. The van der Waals surface area contributed by atoms with Crippen LogP contribution in [0.1, 0.15) is 24.8 Å². The lowest BCUT2D eigenvalue weighted by atomic mass is 10.2. The molecule has 0 atom stereocenters. The molecule has 9 heteroatoms. The Balaban J connectivity index is 2.11. The summed E-state index contributed by atoms with van der Waals surface area (Å²) in [7, 11) is 0. The molecule has 0 aliphatic carbocycles. The lowest BCUT2D eigenvalue weighted by molar-refractivity contribution is -0.385. The van der Waals surface area contributed by atoms with E-state index in [0.29, 0.717) is 17.9 Å². The number of nitro groups is 1. The zero-order valence-corrected chi connectivity index (χ0v) is 12.1. The Bertz CT molecular complexity index is 697. The van der Waals surface area contributed by atoms with Gasteiger partial charge in [-0.25, -0.2) is 4.98 Å². The van der Waals surface area contributed by atoms with Gasteiger partial charge in [0.05, 0.1) is 18.0 Å². The average Bonchev–Trinajstić information content (AvgIpc) is 2.94. The van der Waals surface area contributed by atoms with Crippen LogP contribution >= 0.6 is 0 Å². The third-order valence-electron chi connectivity index (χ3n) is 2.80. The Kier molecular flexibility index (Phi) is 4.77. The van der Waals surface area contributed by atoms with Crippen molar-refractivity contribution in [2.75, 3.05) is 6.61 Å². The molecule has 2 heterocycles. The summed E-state index contributed by atoms with van der Waals surface area (Å²) < 4.78 is 9.84. The fraction of sp³-hybridized carbons (Fsp3) is 0.385.